The molecule has 0 bridgehead atoms. The molecule has 1 amide bonds. The predicted octanol–water partition coefficient (Wildman–Crippen LogP) is 2.11. The Kier molecular flexibility index (Phi) is 5.82. The molecule has 0 aromatic carbocycles. The minimum Gasteiger partial charge on any atom is -0.342 e. The number of piperidine rings is 2. The van der Waals surface area contributed by atoms with E-state index < -0.39 is 0 Å². The number of halogens is 1. The quantitative estimate of drug-likeness (QED) is 0.886. The highest BCUT2D eigenvalue weighted by atomic mass is 35.5. The van der Waals surface area contributed by atoms with Gasteiger partial charge in [0.2, 0.25) is 5.91 Å². The van der Waals surface area contributed by atoms with Crippen molar-refractivity contribution in [2.24, 2.45) is 17.8 Å². The number of nitrogens with zero attached hydrogens (tertiary/aromatic N) is 3. The molecule has 0 aliphatic carbocycles. The summed E-state index contributed by atoms with van der Waals surface area (Å²) in [6, 6.07) is 2.06. The van der Waals surface area contributed by atoms with Gasteiger partial charge < -0.3 is 10.2 Å². The van der Waals surface area contributed by atoms with Gasteiger partial charge in [0.15, 0.2) is 0 Å². The highest BCUT2D eigenvalue weighted by molar-refractivity contribution is 5.85. The lowest BCUT2D eigenvalue weighted by atomic mass is 9.79. The maximum Gasteiger partial charge on any atom is 0.226 e. The first-order valence-corrected chi connectivity index (χ1v) is 9.31. The first-order valence-electron chi connectivity index (χ1n) is 9.31. The molecule has 1 aromatic heterocycles. The minimum atomic E-state index is 0. The molecule has 1 aromatic rings. The van der Waals surface area contributed by atoms with E-state index in [2.05, 4.69) is 21.4 Å². The number of fused-ring (bicyclic) bond motifs is 1. The second-order valence-corrected chi connectivity index (χ2v) is 7.49. The summed E-state index contributed by atoms with van der Waals surface area (Å²) >= 11 is 0. The van der Waals surface area contributed by atoms with Crippen LogP contribution < -0.4 is 5.32 Å². The van der Waals surface area contributed by atoms with Gasteiger partial charge in [0.25, 0.3) is 0 Å². The maximum atomic E-state index is 12.9. The Morgan fingerprint density at radius 2 is 1.75 bits per heavy atom. The fourth-order valence-corrected chi connectivity index (χ4v) is 4.74. The highest BCUT2D eigenvalue weighted by Crippen LogP contribution is 2.32. The lowest BCUT2D eigenvalue weighted by Gasteiger charge is -2.39. The molecule has 134 valence electrons. The van der Waals surface area contributed by atoms with Gasteiger partial charge in [-0.2, -0.15) is 5.10 Å². The maximum absolute atomic E-state index is 12.9. The molecule has 0 saturated carbocycles. The van der Waals surface area contributed by atoms with Crippen LogP contribution in [0.5, 0.6) is 0 Å². The zero-order valence-corrected chi connectivity index (χ0v) is 15.1. The number of carbonyl (C=O) groups excluding carboxylic acids is 1. The second kappa shape index (κ2) is 7.87. The van der Waals surface area contributed by atoms with Gasteiger partial charge in [0.05, 0.1) is 0 Å². The Balaban J connectivity index is 0.00000169. The number of amides is 1. The molecule has 2 saturated heterocycles. The van der Waals surface area contributed by atoms with Crippen molar-refractivity contribution in [3.63, 3.8) is 0 Å². The van der Waals surface area contributed by atoms with Gasteiger partial charge in [0.1, 0.15) is 0 Å². The van der Waals surface area contributed by atoms with Crippen molar-refractivity contribution in [2.45, 2.75) is 45.1 Å². The van der Waals surface area contributed by atoms with Crippen LogP contribution in [0, 0.1) is 17.8 Å². The molecule has 2 fully saturated rings. The Morgan fingerprint density at radius 1 is 1.04 bits per heavy atom. The average molecular weight is 353 g/mol. The van der Waals surface area contributed by atoms with Gasteiger partial charge in [-0.25, -0.2) is 0 Å². The van der Waals surface area contributed by atoms with Gasteiger partial charge in [-0.05, 0) is 63.1 Å². The highest BCUT2D eigenvalue weighted by Gasteiger charge is 2.33. The van der Waals surface area contributed by atoms with Crippen molar-refractivity contribution < 1.29 is 4.79 Å². The monoisotopic (exact) mass is 352 g/mol. The lowest BCUT2D eigenvalue weighted by Crippen LogP contribution is -2.45. The Labute approximate surface area is 150 Å². The van der Waals surface area contributed by atoms with Crippen molar-refractivity contribution >= 4 is 18.3 Å². The van der Waals surface area contributed by atoms with Crippen LogP contribution in [0.25, 0.3) is 0 Å². The number of aromatic nitrogens is 2. The summed E-state index contributed by atoms with van der Waals surface area (Å²) < 4.78 is 2.05. The van der Waals surface area contributed by atoms with E-state index in [0.717, 1.165) is 44.3 Å². The number of carbonyl (C=O) groups is 1. The van der Waals surface area contributed by atoms with E-state index in [1.54, 1.807) is 0 Å². The number of hydrogen-bond donors (Lipinski definition) is 1. The molecule has 0 spiro atoms. The number of aryl methyl sites for hydroxylation is 1. The number of rotatable bonds is 2. The molecule has 1 N–H and O–H groups in total. The van der Waals surface area contributed by atoms with E-state index in [4.69, 9.17) is 0 Å². The molecule has 4 rings (SSSR count). The van der Waals surface area contributed by atoms with Crippen LogP contribution >= 0.6 is 12.4 Å². The van der Waals surface area contributed by atoms with Crippen LogP contribution in [0.3, 0.4) is 0 Å². The van der Waals surface area contributed by atoms with Crippen LogP contribution in [0.4, 0.5) is 0 Å². The van der Waals surface area contributed by atoms with Crippen LogP contribution in [0.2, 0.25) is 0 Å². The van der Waals surface area contributed by atoms with Crippen molar-refractivity contribution in [3.05, 3.63) is 18.0 Å². The fraction of sp³-hybridized carbons (Fsp3) is 0.778. The van der Waals surface area contributed by atoms with E-state index in [0.29, 0.717) is 5.91 Å². The summed E-state index contributed by atoms with van der Waals surface area (Å²) in [5.41, 5.74) is 1.22. The SMILES string of the molecule is Cl.O=C(C1CCn2nccc2C1)N1CCC(C2CCNCC2)CC1. The molecular weight excluding hydrogens is 324 g/mol. The minimum absolute atomic E-state index is 0. The Morgan fingerprint density at radius 3 is 2.50 bits per heavy atom. The number of hydrogen-bond acceptors (Lipinski definition) is 3. The smallest absolute Gasteiger partial charge is 0.226 e. The van der Waals surface area contributed by atoms with Gasteiger partial charge in [0, 0.05) is 43.9 Å². The number of nitrogens with one attached hydrogen (secondary N) is 1. The van der Waals surface area contributed by atoms with Gasteiger partial charge in [-0.3, -0.25) is 9.48 Å². The largest absolute Gasteiger partial charge is 0.342 e. The van der Waals surface area contributed by atoms with E-state index in [1.165, 1.54) is 44.5 Å². The topological polar surface area (TPSA) is 50.2 Å². The summed E-state index contributed by atoms with van der Waals surface area (Å²) in [6.07, 6.45) is 8.74. The molecule has 1 unspecified atom stereocenters. The van der Waals surface area contributed by atoms with E-state index in [-0.39, 0.29) is 18.3 Å². The summed E-state index contributed by atoms with van der Waals surface area (Å²) in [6.45, 7) is 5.20. The van der Waals surface area contributed by atoms with Gasteiger partial charge in [-0.15, -0.1) is 12.4 Å². The third-order valence-electron chi connectivity index (χ3n) is 6.20. The number of likely N-dealkylation sites (tertiary alicyclic amines) is 1. The molecule has 4 heterocycles. The zero-order valence-electron chi connectivity index (χ0n) is 14.3. The summed E-state index contributed by atoms with van der Waals surface area (Å²) in [4.78, 5) is 15.0. The summed E-state index contributed by atoms with van der Waals surface area (Å²) in [5, 5.41) is 7.77. The molecule has 3 aliphatic rings. The molecular formula is C18H29ClN4O. The fourth-order valence-electron chi connectivity index (χ4n) is 4.74. The van der Waals surface area contributed by atoms with Crippen LogP contribution in [-0.4, -0.2) is 46.8 Å². The van der Waals surface area contributed by atoms with Crippen molar-refractivity contribution in [3.8, 4) is 0 Å². The molecule has 3 aliphatic heterocycles. The van der Waals surface area contributed by atoms with Crippen LogP contribution in [0.1, 0.15) is 37.8 Å². The Bertz CT molecular complexity index is 547. The predicted molar refractivity (Wildman–Crippen MR) is 96.2 cm³/mol. The van der Waals surface area contributed by atoms with Crippen molar-refractivity contribution in [2.75, 3.05) is 26.2 Å². The molecule has 6 heteroatoms. The first-order chi connectivity index (χ1) is 11.3. The molecule has 1 atom stereocenters. The third kappa shape index (κ3) is 3.62. The van der Waals surface area contributed by atoms with E-state index in [1.807, 2.05) is 10.9 Å². The third-order valence-corrected chi connectivity index (χ3v) is 6.20. The average Bonchev–Trinajstić information content (AvgIpc) is 3.10. The normalized spacial score (nSPS) is 25.8. The first kappa shape index (κ1) is 17.7. The van der Waals surface area contributed by atoms with E-state index >= 15 is 0 Å². The molecule has 0 radical (unpaired) electrons. The van der Waals surface area contributed by atoms with Crippen molar-refractivity contribution in [1.82, 2.24) is 20.0 Å². The molecule has 24 heavy (non-hydrogen) atoms. The lowest BCUT2D eigenvalue weighted by molar-refractivity contribution is -0.138. The Hall–Kier alpha value is -1.07. The second-order valence-electron chi connectivity index (χ2n) is 7.49. The standard InChI is InChI=1S/C18H28N4O.ClH/c23-18(16-6-12-22-17(13-16)3-9-20-22)21-10-4-15(5-11-21)14-1-7-19-8-2-14;/h3,9,14-16,19H,1-2,4-8,10-13H2;1H. The summed E-state index contributed by atoms with van der Waals surface area (Å²) in [5.74, 6) is 2.29. The zero-order chi connectivity index (χ0) is 15.6. The van der Waals surface area contributed by atoms with Gasteiger partial charge in [-0.1, -0.05) is 0 Å². The van der Waals surface area contributed by atoms with Crippen molar-refractivity contribution in [1.29, 1.82) is 0 Å². The summed E-state index contributed by atoms with van der Waals surface area (Å²) in [7, 11) is 0. The molecule has 5 nitrogen and oxygen atoms in total. The van der Waals surface area contributed by atoms with Crippen LogP contribution in [-0.2, 0) is 17.8 Å². The van der Waals surface area contributed by atoms with Gasteiger partial charge >= 0.3 is 0 Å². The van der Waals surface area contributed by atoms with Crippen LogP contribution in [0.15, 0.2) is 12.3 Å². The van der Waals surface area contributed by atoms with E-state index in [9.17, 15) is 4.79 Å².